The minimum atomic E-state index is -1.57. The molecule has 0 saturated carbocycles. The highest BCUT2D eigenvalue weighted by Gasteiger charge is 2.46. The summed E-state index contributed by atoms with van der Waals surface area (Å²) in [4.78, 5) is 27.3. The number of hydrogen-bond acceptors (Lipinski definition) is 9. The zero-order valence-electron chi connectivity index (χ0n) is 19.6. The van der Waals surface area contributed by atoms with Gasteiger partial charge in [0.05, 0.1) is 18.8 Å². The van der Waals surface area contributed by atoms with Crippen LogP contribution in [0.2, 0.25) is 0 Å². The molecule has 1 aromatic carbocycles. The standard InChI is InChI=1S/C25H33NO8/c1-14-5-3-7-18(27)23(30)20(29)11-21-24(34-21)17-9-16(10-19(28)22(17)25(31)33-14)32-13-15-6-4-8-26(2)12-15/h3,7,9-10,14-15,20-21,23-24,28-30H,4-6,8,11-13H2,1-2H3/b7-3-/t14-,15?,20-,21+,23+,24+/m0/s1. The van der Waals surface area contributed by atoms with Crippen LogP contribution in [0.3, 0.4) is 0 Å². The van der Waals surface area contributed by atoms with Crippen LogP contribution in [0, 0.1) is 5.92 Å². The number of fused-ring (bicyclic) bond motifs is 3. The van der Waals surface area contributed by atoms with E-state index in [9.17, 15) is 24.9 Å². The van der Waals surface area contributed by atoms with E-state index < -0.39 is 42.3 Å². The van der Waals surface area contributed by atoms with Crippen LogP contribution >= 0.6 is 0 Å². The lowest BCUT2D eigenvalue weighted by Gasteiger charge is -2.29. The largest absolute Gasteiger partial charge is 0.507 e. The molecule has 1 unspecified atom stereocenters. The van der Waals surface area contributed by atoms with E-state index in [4.69, 9.17) is 14.2 Å². The Labute approximate surface area is 198 Å². The third-order valence-electron chi connectivity index (χ3n) is 6.61. The van der Waals surface area contributed by atoms with Crippen molar-refractivity contribution in [3.8, 4) is 11.5 Å². The van der Waals surface area contributed by atoms with Gasteiger partial charge in [0.25, 0.3) is 0 Å². The second kappa shape index (κ2) is 10.4. The maximum atomic E-state index is 12.9. The van der Waals surface area contributed by atoms with Gasteiger partial charge < -0.3 is 34.4 Å². The summed E-state index contributed by atoms with van der Waals surface area (Å²) in [5.74, 6) is -0.806. The molecule has 6 atom stereocenters. The summed E-state index contributed by atoms with van der Waals surface area (Å²) in [6.07, 6.45) is 0.444. The van der Waals surface area contributed by atoms with Crippen molar-refractivity contribution in [2.24, 2.45) is 5.92 Å². The quantitative estimate of drug-likeness (QED) is 0.442. The number of epoxide rings is 1. The summed E-state index contributed by atoms with van der Waals surface area (Å²) < 4.78 is 17.2. The topological polar surface area (TPSA) is 129 Å². The number of phenols is 1. The lowest BCUT2D eigenvalue weighted by Crippen LogP contribution is -2.34. The van der Waals surface area contributed by atoms with Crippen molar-refractivity contribution in [1.29, 1.82) is 0 Å². The Kier molecular flexibility index (Phi) is 7.57. The maximum absolute atomic E-state index is 12.9. The number of benzene rings is 1. The summed E-state index contributed by atoms with van der Waals surface area (Å²) in [6, 6.07) is 3.08. The molecular weight excluding hydrogens is 442 g/mol. The molecule has 3 aliphatic heterocycles. The van der Waals surface area contributed by atoms with Gasteiger partial charge in [-0.25, -0.2) is 4.79 Å². The first-order valence-corrected chi connectivity index (χ1v) is 11.8. The summed E-state index contributed by atoms with van der Waals surface area (Å²) >= 11 is 0. The minimum absolute atomic E-state index is 0.00341. The van der Waals surface area contributed by atoms with Crippen molar-refractivity contribution in [1.82, 2.24) is 4.90 Å². The van der Waals surface area contributed by atoms with Gasteiger partial charge in [0.15, 0.2) is 5.78 Å². The van der Waals surface area contributed by atoms with Crippen LogP contribution in [0.4, 0.5) is 0 Å². The number of hydrogen-bond donors (Lipinski definition) is 3. The average molecular weight is 476 g/mol. The molecular formula is C25H33NO8. The highest BCUT2D eigenvalue weighted by Crippen LogP contribution is 2.46. The number of carbonyl (C=O) groups is 2. The zero-order chi connectivity index (χ0) is 24.4. The Bertz CT molecular complexity index is 947. The molecule has 0 spiro atoms. The van der Waals surface area contributed by atoms with Crippen molar-refractivity contribution in [2.45, 2.75) is 63.1 Å². The molecule has 2 fully saturated rings. The van der Waals surface area contributed by atoms with E-state index in [1.54, 1.807) is 13.0 Å². The monoisotopic (exact) mass is 475 g/mol. The molecule has 0 aromatic heterocycles. The van der Waals surface area contributed by atoms with E-state index in [0.717, 1.165) is 25.9 Å². The third-order valence-corrected chi connectivity index (χ3v) is 6.61. The van der Waals surface area contributed by atoms with Crippen LogP contribution in [-0.2, 0) is 14.3 Å². The number of esters is 1. The lowest BCUT2D eigenvalue weighted by atomic mass is 9.96. The van der Waals surface area contributed by atoms with Gasteiger partial charge in [-0.15, -0.1) is 0 Å². The van der Waals surface area contributed by atoms with Crippen molar-refractivity contribution in [3.05, 3.63) is 35.4 Å². The second-order valence-corrected chi connectivity index (χ2v) is 9.59. The molecule has 1 aromatic rings. The molecule has 2 saturated heterocycles. The van der Waals surface area contributed by atoms with E-state index in [1.165, 1.54) is 18.2 Å². The van der Waals surface area contributed by atoms with Crippen molar-refractivity contribution in [2.75, 3.05) is 26.7 Å². The van der Waals surface area contributed by atoms with Gasteiger partial charge in [-0.3, -0.25) is 4.79 Å². The molecule has 9 heteroatoms. The maximum Gasteiger partial charge on any atom is 0.342 e. The number of piperidine rings is 1. The van der Waals surface area contributed by atoms with Gasteiger partial charge in [-0.05, 0) is 45.5 Å². The number of phenolic OH excluding ortho intramolecular Hbond substituents is 1. The molecule has 0 radical (unpaired) electrons. The molecule has 3 N–H and O–H groups in total. The Hall–Kier alpha value is -2.46. The fourth-order valence-electron chi connectivity index (χ4n) is 4.69. The number of aliphatic hydroxyl groups excluding tert-OH is 2. The number of nitrogens with zero attached hydrogens (tertiary/aromatic N) is 1. The van der Waals surface area contributed by atoms with Gasteiger partial charge in [0, 0.05) is 36.9 Å². The third kappa shape index (κ3) is 5.78. The van der Waals surface area contributed by atoms with Crippen LogP contribution in [0.1, 0.15) is 54.6 Å². The molecule has 0 aliphatic carbocycles. The number of carbonyl (C=O) groups excluding carboxylic acids is 2. The Morgan fingerprint density at radius 3 is 2.79 bits per heavy atom. The Morgan fingerprint density at radius 2 is 2.03 bits per heavy atom. The number of likely N-dealkylation sites (tertiary alicyclic amines) is 1. The van der Waals surface area contributed by atoms with E-state index in [1.807, 2.05) is 0 Å². The number of ketones is 1. The highest BCUT2D eigenvalue weighted by molar-refractivity contribution is 5.95. The van der Waals surface area contributed by atoms with E-state index in [0.29, 0.717) is 23.8 Å². The predicted molar refractivity (Wildman–Crippen MR) is 122 cm³/mol. The van der Waals surface area contributed by atoms with E-state index in [-0.39, 0.29) is 24.2 Å². The zero-order valence-corrected chi connectivity index (χ0v) is 19.6. The van der Waals surface area contributed by atoms with Gasteiger partial charge in [0.2, 0.25) is 0 Å². The van der Waals surface area contributed by atoms with Crippen LogP contribution in [0.15, 0.2) is 24.3 Å². The Morgan fingerprint density at radius 1 is 1.24 bits per heavy atom. The summed E-state index contributed by atoms with van der Waals surface area (Å²) in [5, 5.41) is 31.2. The van der Waals surface area contributed by atoms with E-state index >= 15 is 0 Å². The molecule has 0 amide bonds. The molecule has 34 heavy (non-hydrogen) atoms. The second-order valence-electron chi connectivity index (χ2n) is 9.59. The molecule has 4 rings (SSSR count). The van der Waals surface area contributed by atoms with Crippen molar-refractivity contribution in [3.63, 3.8) is 0 Å². The van der Waals surface area contributed by atoms with Crippen molar-refractivity contribution >= 4 is 11.8 Å². The number of aromatic hydroxyl groups is 1. The smallest absolute Gasteiger partial charge is 0.342 e. The predicted octanol–water partition coefficient (Wildman–Crippen LogP) is 1.74. The minimum Gasteiger partial charge on any atom is -0.507 e. The number of ether oxygens (including phenoxy) is 3. The first-order chi connectivity index (χ1) is 16.2. The highest BCUT2D eigenvalue weighted by atomic mass is 16.6. The number of cyclic esters (lactones) is 1. The average Bonchev–Trinajstić information content (AvgIpc) is 3.54. The normalized spacial score (nSPS) is 33.8. The van der Waals surface area contributed by atoms with Crippen molar-refractivity contribution < 1.29 is 39.1 Å². The Balaban J connectivity index is 1.58. The molecule has 9 nitrogen and oxygen atoms in total. The van der Waals surface area contributed by atoms with Crippen LogP contribution in [0.5, 0.6) is 11.5 Å². The number of aliphatic hydroxyl groups is 2. The van der Waals surface area contributed by atoms with Crippen LogP contribution in [-0.4, -0.2) is 83.1 Å². The summed E-state index contributed by atoms with van der Waals surface area (Å²) in [6.45, 7) is 4.15. The SMILES string of the molecule is C[C@H]1C/C=C\C(=O)[C@@H](O)[C@@H](O)C[C@H]2O[C@@H]2c2cc(OCC3CCCN(C)C3)cc(O)c2C(=O)O1. The first kappa shape index (κ1) is 24.7. The molecule has 0 bridgehead atoms. The van der Waals surface area contributed by atoms with Crippen LogP contribution in [0.25, 0.3) is 0 Å². The summed E-state index contributed by atoms with van der Waals surface area (Å²) in [5.41, 5.74) is 0.398. The fourth-order valence-corrected chi connectivity index (χ4v) is 4.69. The molecule has 186 valence electrons. The number of rotatable bonds is 3. The molecule has 3 aliphatic rings. The van der Waals surface area contributed by atoms with Gasteiger partial charge >= 0.3 is 5.97 Å². The summed E-state index contributed by atoms with van der Waals surface area (Å²) in [7, 11) is 2.08. The fraction of sp³-hybridized carbons (Fsp3) is 0.600. The lowest BCUT2D eigenvalue weighted by molar-refractivity contribution is -0.128. The van der Waals surface area contributed by atoms with Crippen LogP contribution < -0.4 is 4.74 Å². The first-order valence-electron chi connectivity index (χ1n) is 11.8. The van der Waals surface area contributed by atoms with Gasteiger partial charge in [0.1, 0.15) is 35.4 Å². The van der Waals surface area contributed by atoms with Gasteiger partial charge in [-0.1, -0.05) is 6.08 Å². The van der Waals surface area contributed by atoms with Gasteiger partial charge in [-0.2, -0.15) is 0 Å². The van der Waals surface area contributed by atoms with E-state index in [2.05, 4.69) is 11.9 Å². The molecule has 3 heterocycles.